The molecule has 0 heterocycles. The van der Waals surface area contributed by atoms with E-state index in [2.05, 4.69) is 0 Å². The van der Waals surface area contributed by atoms with Gasteiger partial charge < -0.3 is 0 Å². The Morgan fingerprint density at radius 3 is 2.00 bits per heavy atom. The Labute approximate surface area is 74.7 Å². The van der Waals surface area contributed by atoms with Gasteiger partial charge in [0.2, 0.25) is 0 Å². The largest absolute Gasteiger partial charge is 0.430 e. The van der Waals surface area contributed by atoms with Crippen LogP contribution in [0.2, 0.25) is 11.1 Å². The molecule has 0 unspecified atom stereocenters. The molecule has 1 aliphatic carbocycles. The Balaban J connectivity index is 2.53. The molecule has 1 rings (SSSR count). The van der Waals surface area contributed by atoms with Crippen LogP contribution in [0.4, 0.5) is 8.22 Å². The van der Waals surface area contributed by atoms with Gasteiger partial charge in [0.25, 0.3) is 0 Å². The molecule has 0 aliphatic heterocycles. The third-order valence-corrected chi connectivity index (χ3v) is 6.12. The van der Waals surface area contributed by atoms with E-state index in [-0.39, 0.29) is 11.1 Å². The lowest BCUT2D eigenvalue weighted by atomic mass is 10.0. The second kappa shape index (κ2) is 3.86. The fraction of sp³-hybridized carbons (Fsp3) is 1.00. The predicted molar refractivity (Wildman–Crippen MR) is 49.9 cm³/mol. The lowest BCUT2D eigenvalue weighted by Gasteiger charge is -2.29. The van der Waals surface area contributed by atoms with Gasteiger partial charge in [-0.3, -0.25) is 8.22 Å². The Morgan fingerprint density at radius 1 is 1.08 bits per heavy atom. The van der Waals surface area contributed by atoms with Crippen molar-refractivity contribution in [3.05, 3.63) is 0 Å². The van der Waals surface area contributed by atoms with Crippen LogP contribution in [0.5, 0.6) is 0 Å². The van der Waals surface area contributed by atoms with E-state index in [0.29, 0.717) is 0 Å². The SMILES string of the molecule is CC(C)[Si](F)(F)C1CCCCC1. The van der Waals surface area contributed by atoms with Crippen LogP contribution >= 0.6 is 0 Å². The summed E-state index contributed by atoms with van der Waals surface area (Å²) < 4.78 is 27.1. The van der Waals surface area contributed by atoms with Crippen molar-refractivity contribution >= 4 is 8.74 Å². The molecule has 0 aromatic carbocycles. The van der Waals surface area contributed by atoms with Gasteiger partial charge in [-0.25, -0.2) is 0 Å². The van der Waals surface area contributed by atoms with Gasteiger partial charge in [0.1, 0.15) is 0 Å². The summed E-state index contributed by atoms with van der Waals surface area (Å²) in [6.45, 7) is 3.36. The van der Waals surface area contributed by atoms with Crippen molar-refractivity contribution in [2.45, 2.75) is 57.0 Å². The van der Waals surface area contributed by atoms with Crippen LogP contribution in [0.3, 0.4) is 0 Å². The third kappa shape index (κ3) is 2.06. The van der Waals surface area contributed by atoms with Gasteiger partial charge in [-0.1, -0.05) is 33.1 Å². The molecule has 0 atom stereocenters. The average molecular weight is 192 g/mol. The summed E-state index contributed by atoms with van der Waals surface area (Å²) in [4.78, 5) is 0. The average Bonchev–Trinajstić information content (AvgIpc) is 2.06. The van der Waals surface area contributed by atoms with Crippen molar-refractivity contribution in [3.8, 4) is 0 Å². The molecule has 1 fully saturated rings. The third-order valence-electron chi connectivity index (χ3n) is 2.92. The van der Waals surface area contributed by atoms with Crippen molar-refractivity contribution in [2.75, 3.05) is 0 Å². The van der Waals surface area contributed by atoms with Crippen LogP contribution < -0.4 is 0 Å². The summed E-state index contributed by atoms with van der Waals surface area (Å²) in [5.74, 6) is 0. The van der Waals surface area contributed by atoms with E-state index >= 15 is 0 Å². The highest BCUT2D eigenvalue weighted by Crippen LogP contribution is 2.43. The zero-order valence-electron chi connectivity index (χ0n) is 7.95. The van der Waals surface area contributed by atoms with E-state index in [1.165, 1.54) is 6.42 Å². The number of hydrogen-bond donors (Lipinski definition) is 0. The molecule has 0 bridgehead atoms. The summed E-state index contributed by atoms with van der Waals surface area (Å²) in [6, 6.07) is 0. The summed E-state index contributed by atoms with van der Waals surface area (Å²) in [7, 11) is -3.88. The first-order valence-corrected chi connectivity index (χ1v) is 6.84. The van der Waals surface area contributed by atoms with Crippen LogP contribution in [0.1, 0.15) is 46.0 Å². The van der Waals surface area contributed by atoms with Gasteiger partial charge in [0.05, 0.1) is 0 Å². The van der Waals surface area contributed by atoms with Gasteiger partial charge in [0, 0.05) is 11.1 Å². The molecule has 0 amide bonds. The molecule has 12 heavy (non-hydrogen) atoms. The molecule has 1 saturated carbocycles. The molecule has 3 heteroatoms. The van der Waals surface area contributed by atoms with Crippen molar-refractivity contribution in [3.63, 3.8) is 0 Å². The molecule has 1 aliphatic rings. The number of rotatable bonds is 2. The molecule has 0 nitrogen and oxygen atoms in total. The van der Waals surface area contributed by atoms with Crippen LogP contribution in [0.15, 0.2) is 0 Å². The maximum Gasteiger partial charge on any atom is 0.430 e. The zero-order chi connectivity index (χ0) is 9.19. The Bertz CT molecular complexity index is 139. The first kappa shape index (κ1) is 10.2. The van der Waals surface area contributed by atoms with Crippen LogP contribution in [-0.2, 0) is 0 Å². The van der Waals surface area contributed by atoms with E-state index in [9.17, 15) is 8.22 Å². The minimum Gasteiger partial charge on any atom is -0.270 e. The van der Waals surface area contributed by atoms with Gasteiger partial charge in [0.15, 0.2) is 0 Å². The van der Waals surface area contributed by atoms with Crippen molar-refractivity contribution in [1.82, 2.24) is 0 Å². The van der Waals surface area contributed by atoms with E-state index in [4.69, 9.17) is 0 Å². The normalized spacial score (nSPS) is 21.8. The first-order chi connectivity index (χ1) is 5.55. The van der Waals surface area contributed by atoms with Crippen LogP contribution in [0.25, 0.3) is 0 Å². The molecule has 0 aromatic heterocycles. The van der Waals surface area contributed by atoms with E-state index in [1.807, 2.05) is 0 Å². The minimum absolute atomic E-state index is 0.203. The van der Waals surface area contributed by atoms with E-state index < -0.39 is 8.74 Å². The number of hydrogen-bond acceptors (Lipinski definition) is 0. The lowest BCUT2D eigenvalue weighted by Crippen LogP contribution is -2.34. The molecule has 0 spiro atoms. The highest BCUT2D eigenvalue weighted by atomic mass is 28.4. The van der Waals surface area contributed by atoms with E-state index in [1.54, 1.807) is 13.8 Å². The second-order valence-corrected chi connectivity index (χ2v) is 7.48. The van der Waals surface area contributed by atoms with Crippen molar-refractivity contribution in [2.24, 2.45) is 0 Å². The van der Waals surface area contributed by atoms with Gasteiger partial charge in [-0.15, -0.1) is 0 Å². The number of halogens is 2. The van der Waals surface area contributed by atoms with Gasteiger partial charge in [-0.2, -0.15) is 0 Å². The predicted octanol–water partition coefficient (Wildman–Crippen LogP) is 4.11. The highest BCUT2D eigenvalue weighted by molar-refractivity contribution is 6.69. The molecule has 72 valence electrons. The topological polar surface area (TPSA) is 0 Å². The maximum atomic E-state index is 13.6. The Hall–Kier alpha value is 0.0769. The Morgan fingerprint density at radius 2 is 1.58 bits per heavy atom. The molecular weight excluding hydrogens is 174 g/mol. The van der Waals surface area contributed by atoms with E-state index in [0.717, 1.165) is 25.7 Å². The first-order valence-electron chi connectivity index (χ1n) is 4.93. The highest BCUT2D eigenvalue weighted by Gasteiger charge is 2.47. The summed E-state index contributed by atoms with van der Waals surface area (Å²) in [5, 5.41) is 0. The summed E-state index contributed by atoms with van der Waals surface area (Å²) in [5.41, 5.74) is -0.563. The monoisotopic (exact) mass is 192 g/mol. The molecule has 0 N–H and O–H groups in total. The smallest absolute Gasteiger partial charge is 0.270 e. The quantitative estimate of drug-likeness (QED) is 0.456. The van der Waals surface area contributed by atoms with Crippen LogP contribution in [-0.4, -0.2) is 8.74 Å². The fourth-order valence-corrected chi connectivity index (χ4v) is 4.08. The van der Waals surface area contributed by atoms with Crippen LogP contribution in [0, 0.1) is 0 Å². The second-order valence-electron chi connectivity index (χ2n) is 4.16. The molecule has 0 radical (unpaired) electrons. The summed E-state index contributed by atoms with van der Waals surface area (Å²) >= 11 is 0. The van der Waals surface area contributed by atoms with Gasteiger partial charge in [-0.05, 0) is 12.8 Å². The fourth-order valence-electron chi connectivity index (χ4n) is 1.96. The summed E-state index contributed by atoms with van der Waals surface area (Å²) in [6.07, 6.45) is 4.80. The van der Waals surface area contributed by atoms with Gasteiger partial charge >= 0.3 is 8.74 Å². The molecular formula is C9H18F2Si. The Kier molecular flexibility index (Phi) is 3.27. The minimum atomic E-state index is -3.88. The lowest BCUT2D eigenvalue weighted by molar-refractivity contribution is 0.420. The maximum absolute atomic E-state index is 13.6. The van der Waals surface area contributed by atoms with Crippen molar-refractivity contribution in [1.29, 1.82) is 0 Å². The molecule has 0 aromatic rings. The molecule has 0 saturated heterocycles. The zero-order valence-corrected chi connectivity index (χ0v) is 8.95. The standard InChI is InChI=1S/C9H18F2Si/c1-8(2)12(10,11)9-6-4-3-5-7-9/h8-9H,3-7H2,1-2H3. The van der Waals surface area contributed by atoms with Crippen molar-refractivity contribution < 1.29 is 8.22 Å².